The Morgan fingerprint density at radius 2 is 1.77 bits per heavy atom. The first-order valence-corrected chi connectivity index (χ1v) is 8.24. The molecule has 0 aliphatic rings. The van der Waals surface area contributed by atoms with E-state index in [4.69, 9.17) is 9.47 Å². The van der Waals surface area contributed by atoms with Gasteiger partial charge in [-0.15, -0.1) is 0 Å². The van der Waals surface area contributed by atoms with Crippen LogP contribution in [0.2, 0.25) is 0 Å². The van der Waals surface area contributed by atoms with Gasteiger partial charge in [0.2, 0.25) is 0 Å². The summed E-state index contributed by atoms with van der Waals surface area (Å²) in [6.45, 7) is 10.00. The van der Waals surface area contributed by atoms with Crippen molar-refractivity contribution in [2.45, 2.75) is 65.4 Å². The zero-order chi connectivity index (χ0) is 16.8. The van der Waals surface area contributed by atoms with E-state index in [1.54, 1.807) is 0 Å². The minimum Gasteiger partial charge on any atom is -0.459 e. The van der Waals surface area contributed by atoms with E-state index < -0.39 is 18.2 Å². The average Bonchev–Trinajstić information content (AvgIpc) is 2.49. The van der Waals surface area contributed by atoms with Gasteiger partial charge in [-0.1, -0.05) is 59.5 Å². The van der Waals surface area contributed by atoms with E-state index in [1.165, 1.54) is 25.7 Å². The molecular formula is C17H31NO4. The van der Waals surface area contributed by atoms with Gasteiger partial charge < -0.3 is 14.8 Å². The highest BCUT2D eigenvalue weighted by Crippen LogP contribution is 2.08. The number of carbonyl (C=O) groups is 2. The van der Waals surface area contributed by atoms with Crippen molar-refractivity contribution in [2.24, 2.45) is 5.92 Å². The Bertz CT molecular complexity index is 329. The molecule has 0 bridgehead atoms. The molecule has 0 aliphatic heterocycles. The van der Waals surface area contributed by atoms with Crippen molar-refractivity contribution in [3.63, 3.8) is 0 Å². The molecule has 0 radical (unpaired) electrons. The number of nitrogens with one attached hydrogen (secondary N) is 1. The summed E-state index contributed by atoms with van der Waals surface area (Å²) in [6.07, 6.45) is 7.22. The summed E-state index contributed by atoms with van der Waals surface area (Å²) in [5, 5.41) is 2.74. The van der Waals surface area contributed by atoms with Crippen LogP contribution in [-0.2, 0) is 14.3 Å². The monoisotopic (exact) mass is 313 g/mol. The molecule has 0 aromatic carbocycles. The highest BCUT2D eigenvalue weighted by Gasteiger charge is 2.19. The maximum Gasteiger partial charge on any atom is 0.407 e. The van der Waals surface area contributed by atoms with Crippen LogP contribution < -0.4 is 5.32 Å². The zero-order valence-electron chi connectivity index (χ0n) is 14.2. The number of alkyl carbamates (subject to hydrolysis) is 1. The Morgan fingerprint density at radius 3 is 2.36 bits per heavy atom. The van der Waals surface area contributed by atoms with Crippen LogP contribution in [0.3, 0.4) is 0 Å². The summed E-state index contributed by atoms with van der Waals surface area (Å²) in [5.41, 5.74) is 0. The van der Waals surface area contributed by atoms with Crippen LogP contribution in [0.15, 0.2) is 12.7 Å². The smallest absolute Gasteiger partial charge is 0.407 e. The molecule has 0 spiro atoms. The van der Waals surface area contributed by atoms with E-state index in [0.717, 1.165) is 18.9 Å². The van der Waals surface area contributed by atoms with E-state index in [2.05, 4.69) is 18.8 Å². The van der Waals surface area contributed by atoms with Crippen molar-refractivity contribution in [3.8, 4) is 0 Å². The van der Waals surface area contributed by atoms with Crippen LogP contribution in [0.5, 0.6) is 0 Å². The molecular weight excluding hydrogens is 282 g/mol. The third-order valence-electron chi connectivity index (χ3n) is 3.36. The number of carbonyl (C=O) groups excluding carboxylic acids is 2. The highest BCUT2D eigenvalue weighted by molar-refractivity contribution is 5.81. The van der Waals surface area contributed by atoms with E-state index in [-0.39, 0.29) is 12.5 Å². The highest BCUT2D eigenvalue weighted by atomic mass is 16.6. The van der Waals surface area contributed by atoms with Crippen molar-refractivity contribution >= 4 is 12.1 Å². The van der Waals surface area contributed by atoms with Gasteiger partial charge in [0.1, 0.15) is 12.7 Å². The van der Waals surface area contributed by atoms with Gasteiger partial charge in [-0.3, -0.25) is 0 Å². The predicted molar refractivity (Wildman–Crippen MR) is 87.6 cm³/mol. The Labute approximate surface area is 134 Å². The first-order valence-electron chi connectivity index (χ1n) is 8.24. The Kier molecular flexibility index (Phi) is 12.3. The van der Waals surface area contributed by atoms with Gasteiger partial charge in [-0.2, -0.15) is 0 Å². The molecule has 0 heterocycles. The quantitative estimate of drug-likeness (QED) is 0.338. The number of hydrogen-bond donors (Lipinski definition) is 1. The lowest BCUT2D eigenvalue weighted by atomic mass is 10.1. The van der Waals surface area contributed by atoms with Crippen LogP contribution in [0.1, 0.15) is 59.3 Å². The average molecular weight is 313 g/mol. The van der Waals surface area contributed by atoms with Crippen LogP contribution in [0, 0.1) is 5.92 Å². The Morgan fingerprint density at radius 1 is 1.14 bits per heavy atom. The minimum absolute atomic E-state index is 0.0486. The summed E-state index contributed by atoms with van der Waals surface area (Å²) >= 11 is 0. The number of hydrogen-bond acceptors (Lipinski definition) is 4. The molecule has 22 heavy (non-hydrogen) atoms. The molecule has 0 fully saturated rings. The van der Waals surface area contributed by atoms with Gasteiger partial charge in [0.05, 0.1) is 0 Å². The van der Waals surface area contributed by atoms with Gasteiger partial charge in [-0.05, 0) is 12.3 Å². The lowest BCUT2D eigenvalue weighted by Gasteiger charge is -2.21. The molecule has 0 aliphatic carbocycles. The Balaban J connectivity index is 3.84. The maximum atomic E-state index is 11.7. The molecule has 5 heteroatoms. The zero-order valence-corrected chi connectivity index (χ0v) is 14.2. The molecule has 0 saturated carbocycles. The molecule has 0 aromatic rings. The second kappa shape index (κ2) is 13.2. The number of ether oxygens (including phenoxy) is 2. The van der Waals surface area contributed by atoms with Crippen LogP contribution in [0.4, 0.5) is 4.79 Å². The summed E-state index contributed by atoms with van der Waals surface area (Å²) in [7, 11) is 0. The summed E-state index contributed by atoms with van der Waals surface area (Å²) in [5.74, 6) is -0.445. The fraction of sp³-hybridized carbons (Fsp3) is 0.765. The van der Waals surface area contributed by atoms with Crippen molar-refractivity contribution in [2.75, 3.05) is 13.2 Å². The van der Waals surface area contributed by atoms with E-state index in [0.29, 0.717) is 6.54 Å². The second-order valence-corrected chi connectivity index (χ2v) is 5.72. The third kappa shape index (κ3) is 11.2. The molecule has 1 amide bonds. The van der Waals surface area contributed by atoms with Gasteiger partial charge in [-0.25, -0.2) is 9.59 Å². The molecule has 0 rings (SSSR count). The van der Waals surface area contributed by atoms with Crippen LogP contribution >= 0.6 is 0 Å². The molecule has 1 N–H and O–H groups in total. The normalized spacial score (nSPS) is 11.8. The minimum atomic E-state index is -0.512. The largest absolute Gasteiger partial charge is 0.459 e. The second-order valence-electron chi connectivity index (χ2n) is 5.72. The van der Waals surface area contributed by atoms with Crippen molar-refractivity contribution in [1.29, 1.82) is 0 Å². The van der Waals surface area contributed by atoms with Gasteiger partial charge in [0, 0.05) is 12.6 Å². The summed E-state index contributed by atoms with van der Waals surface area (Å²) in [4.78, 5) is 22.8. The summed E-state index contributed by atoms with van der Waals surface area (Å²) in [6, 6.07) is 0. The topological polar surface area (TPSA) is 64.6 Å². The lowest BCUT2D eigenvalue weighted by molar-refractivity contribution is -0.141. The van der Waals surface area contributed by atoms with Crippen molar-refractivity contribution in [3.05, 3.63) is 12.7 Å². The van der Waals surface area contributed by atoms with Crippen molar-refractivity contribution in [1.82, 2.24) is 5.32 Å². The fourth-order valence-electron chi connectivity index (χ4n) is 1.86. The number of amides is 1. The first-order chi connectivity index (χ1) is 10.5. The molecule has 1 unspecified atom stereocenters. The predicted octanol–water partition coefficient (Wildman–Crippen LogP) is 3.83. The van der Waals surface area contributed by atoms with Gasteiger partial charge in [0.15, 0.2) is 0 Å². The number of unbranched alkanes of at least 4 members (excludes halogenated alkanes) is 5. The standard InChI is InChI=1S/C17H31NO4/c1-5-7-8-9-10-11-12-18-17(20)22-15(14(3)4)13-21-16(19)6-2/h6,14-15H,2,5,7-13H2,1,3-4H3,(H,18,20). The fourth-order valence-corrected chi connectivity index (χ4v) is 1.86. The molecule has 128 valence electrons. The SMILES string of the molecule is C=CC(=O)OCC(OC(=O)NCCCCCCCC)C(C)C. The van der Waals surface area contributed by atoms with E-state index in [1.807, 2.05) is 13.8 Å². The number of esters is 1. The van der Waals surface area contributed by atoms with Crippen molar-refractivity contribution < 1.29 is 19.1 Å². The Hall–Kier alpha value is -1.52. The third-order valence-corrected chi connectivity index (χ3v) is 3.36. The van der Waals surface area contributed by atoms with Gasteiger partial charge >= 0.3 is 12.1 Å². The van der Waals surface area contributed by atoms with Gasteiger partial charge in [0.25, 0.3) is 0 Å². The number of rotatable bonds is 12. The lowest BCUT2D eigenvalue weighted by Crippen LogP contribution is -2.35. The van der Waals surface area contributed by atoms with E-state index in [9.17, 15) is 9.59 Å². The first kappa shape index (κ1) is 20.5. The molecule has 0 aromatic heterocycles. The summed E-state index contributed by atoms with van der Waals surface area (Å²) < 4.78 is 10.2. The van der Waals surface area contributed by atoms with E-state index >= 15 is 0 Å². The molecule has 1 atom stereocenters. The maximum absolute atomic E-state index is 11.7. The van der Waals surface area contributed by atoms with Crippen LogP contribution in [0.25, 0.3) is 0 Å². The van der Waals surface area contributed by atoms with Crippen LogP contribution in [-0.4, -0.2) is 31.3 Å². The molecule has 5 nitrogen and oxygen atoms in total. The molecule has 0 saturated heterocycles.